The largest absolute Gasteiger partial charge is 0.434 e. The van der Waals surface area contributed by atoms with E-state index in [1.54, 1.807) is 0 Å². The summed E-state index contributed by atoms with van der Waals surface area (Å²) in [4.78, 5) is 17.9. The average molecular weight is 461 g/mol. The van der Waals surface area contributed by atoms with Gasteiger partial charge in [-0.2, -0.15) is 18.3 Å². The number of aromatic nitrogens is 3. The molecule has 0 aliphatic carbocycles. The van der Waals surface area contributed by atoms with Crippen LogP contribution in [0.25, 0.3) is 5.82 Å². The lowest BCUT2D eigenvalue weighted by atomic mass is 9.96. The fourth-order valence-electron chi connectivity index (χ4n) is 3.01. The summed E-state index contributed by atoms with van der Waals surface area (Å²) in [6, 6.07) is 2.90. The van der Waals surface area contributed by atoms with E-state index in [0.29, 0.717) is 37.2 Å². The second-order valence-electron chi connectivity index (χ2n) is 6.10. The van der Waals surface area contributed by atoms with Gasteiger partial charge in [0.1, 0.15) is 0 Å². The van der Waals surface area contributed by atoms with Crippen molar-refractivity contribution >= 4 is 42.3 Å². The molecule has 0 aromatic carbocycles. The Hall–Kier alpha value is -1.55. The molecule has 1 fully saturated rings. The van der Waals surface area contributed by atoms with Crippen LogP contribution < -0.4 is 5.73 Å². The van der Waals surface area contributed by atoms with Crippen molar-refractivity contribution in [3.8, 4) is 5.82 Å². The molecule has 3 heterocycles. The molecule has 3 rings (SSSR count). The van der Waals surface area contributed by atoms with E-state index in [-0.39, 0.29) is 41.6 Å². The molecule has 1 amide bonds. The second-order valence-corrected chi connectivity index (χ2v) is 6.50. The summed E-state index contributed by atoms with van der Waals surface area (Å²) in [5, 5.41) is 3.75. The molecule has 0 saturated carbocycles. The third-order valence-corrected chi connectivity index (χ3v) is 4.74. The molecule has 156 valence electrons. The molecule has 2 aromatic heterocycles. The quantitative estimate of drug-likeness (QED) is 0.759. The molecule has 1 saturated heterocycles. The molecular formula is C16H19Cl3F3N5O. The minimum Gasteiger partial charge on any atom is -0.339 e. The average Bonchev–Trinajstić information content (AvgIpc) is 3.07. The lowest BCUT2D eigenvalue weighted by molar-refractivity contribution is -0.143. The van der Waals surface area contributed by atoms with Crippen LogP contribution in [0, 0.1) is 5.92 Å². The van der Waals surface area contributed by atoms with Gasteiger partial charge in [-0.15, -0.1) is 24.8 Å². The van der Waals surface area contributed by atoms with Gasteiger partial charge in [-0.1, -0.05) is 11.6 Å². The van der Waals surface area contributed by atoms with Gasteiger partial charge in [0, 0.05) is 19.3 Å². The maximum absolute atomic E-state index is 13.7. The Morgan fingerprint density at radius 2 is 1.93 bits per heavy atom. The Bertz CT molecular complexity index is 807. The molecule has 2 aromatic rings. The molecule has 0 spiro atoms. The number of rotatable bonds is 3. The van der Waals surface area contributed by atoms with Crippen molar-refractivity contribution in [1.29, 1.82) is 0 Å². The van der Waals surface area contributed by atoms with Crippen molar-refractivity contribution in [2.75, 3.05) is 19.6 Å². The summed E-state index contributed by atoms with van der Waals surface area (Å²) >= 11 is 5.95. The van der Waals surface area contributed by atoms with Gasteiger partial charge in [-0.05, 0) is 37.4 Å². The van der Waals surface area contributed by atoms with Crippen molar-refractivity contribution in [1.82, 2.24) is 19.7 Å². The summed E-state index contributed by atoms with van der Waals surface area (Å²) in [6.07, 6.45) is -1.22. The summed E-state index contributed by atoms with van der Waals surface area (Å²) < 4.78 is 41.6. The fourth-order valence-corrected chi connectivity index (χ4v) is 3.22. The van der Waals surface area contributed by atoms with E-state index in [0.717, 1.165) is 6.20 Å². The number of carbonyl (C=O) groups excluding carboxylic acids is 1. The highest BCUT2D eigenvalue weighted by Crippen LogP contribution is 2.35. The lowest BCUT2D eigenvalue weighted by Gasteiger charge is -2.31. The minimum absolute atomic E-state index is 0. The SMILES string of the molecule is Cl.Cl.NCC1CCN(C(=O)c2cnn(-c3ncccc3Cl)c2C(F)(F)F)CC1. The van der Waals surface area contributed by atoms with E-state index in [9.17, 15) is 18.0 Å². The highest BCUT2D eigenvalue weighted by molar-refractivity contribution is 6.32. The zero-order chi connectivity index (χ0) is 18.9. The highest BCUT2D eigenvalue weighted by atomic mass is 35.5. The zero-order valence-electron chi connectivity index (χ0n) is 14.5. The van der Waals surface area contributed by atoms with Crippen LogP contribution in [0.4, 0.5) is 13.2 Å². The summed E-state index contributed by atoms with van der Waals surface area (Å²) in [6.45, 7) is 1.24. The van der Waals surface area contributed by atoms with Crippen LogP contribution in [0.1, 0.15) is 28.9 Å². The van der Waals surface area contributed by atoms with Crippen LogP contribution in [-0.2, 0) is 6.18 Å². The molecular weight excluding hydrogens is 442 g/mol. The maximum Gasteiger partial charge on any atom is 0.434 e. The molecule has 1 aliphatic heterocycles. The van der Waals surface area contributed by atoms with E-state index >= 15 is 0 Å². The Kier molecular flexibility index (Phi) is 8.55. The van der Waals surface area contributed by atoms with Crippen molar-refractivity contribution < 1.29 is 18.0 Å². The number of hydrogen-bond donors (Lipinski definition) is 1. The molecule has 6 nitrogen and oxygen atoms in total. The molecule has 2 N–H and O–H groups in total. The van der Waals surface area contributed by atoms with E-state index < -0.39 is 23.3 Å². The first-order valence-corrected chi connectivity index (χ1v) is 8.46. The number of piperidine rings is 1. The number of alkyl halides is 3. The van der Waals surface area contributed by atoms with Gasteiger partial charge in [-0.25, -0.2) is 9.67 Å². The van der Waals surface area contributed by atoms with Gasteiger partial charge in [0.05, 0.1) is 16.8 Å². The van der Waals surface area contributed by atoms with Crippen LogP contribution in [0.15, 0.2) is 24.5 Å². The number of carbonyl (C=O) groups is 1. The minimum atomic E-state index is -4.79. The van der Waals surface area contributed by atoms with Crippen molar-refractivity contribution in [2.45, 2.75) is 19.0 Å². The van der Waals surface area contributed by atoms with Crippen molar-refractivity contribution in [2.24, 2.45) is 11.7 Å². The van der Waals surface area contributed by atoms with Gasteiger partial charge < -0.3 is 10.6 Å². The van der Waals surface area contributed by atoms with Crippen molar-refractivity contribution in [3.05, 3.63) is 40.8 Å². The van der Waals surface area contributed by atoms with Crippen LogP contribution in [0.5, 0.6) is 0 Å². The fraction of sp³-hybridized carbons (Fsp3) is 0.438. The monoisotopic (exact) mass is 459 g/mol. The Labute approximate surface area is 177 Å². The first kappa shape index (κ1) is 24.5. The number of amides is 1. The van der Waals surface area contributed by atoms with Crippen molar-refractivity contribution in [3.63, 3.8) is 0 Å². The first-order chi connectivity index (χ1) is 12.3. The van der Waals surface area contributed by atoms with Gasteiger partial charge in [0.25, 0.3) is 5.91 Å². The van der Waals surface area contributed by atoms with Crippen LogP contribution >= 0.6 is 36.4 Å². The Morgan fingerprint density at radius 3 is 2.46 bits per heavy atom. The standard InChI is InChI=1S/C16H17ClF3N5O.2ClH/c17-12-2-1-5-22-14(12)25-13(16(18,19)20)11(9-23-25)15(26)24-6-3-10(8-21)4-7-24;;/h1-2,5,9-10H,3-4,6-8,21H2;2*1H. The number of nitrogens with zero attached hydrogens (tertiary/aromatic N) is 4. The number of hydrogen-bond acceptors (Lipinski definition) is 4. The summed E-state index contributed by atoms with van der Waals surface area (Å²) in [5.41, 5.74) is 3.93. The predicted octanol–water partition coefficient (Wildman–Crippen LogP) is 3.59. The van der Waals surface area contributed by atoms with Crippen LogP contribution in [0.3, 0.4) is 0 Å². The molecule has 12 heteroatoms. The van der Waals surface area contributed by atoms with Gasteiger partial charge in [-0.3, -0.25) is 4.79 Å². The van der Waals surface area contributed by atoms with E-state index in [1.807, 2.05) is 0 Å². The van der Waals surface area contributed by atoms with Crippen LogP contribution in [0.2, 0.25) is 5.02 Å². The topological polar surface area (TPSA) is 77.0 Å². The molecule has 0 atom stereocenters. The van der Waals surface area contributed by atoms with E-state index in [4.69, 9.17) is 17.3 Å². The molecule has 0 unspecified atom stereocenters. The first-order valence-electron chi connectivity index (χ1n) is 8.08. The predicted molar refractivity (Wildman–Crippen MR) is 104 cm³/mol. The Balaban J connectivity index is 0.00000196. The van der Waals surface area contributed by atoms with E-state index in [2.05, 4.69) is 10.1 Å². The van der Waals surface area contributed by atoms with Gasteiger partial charge in [0.15, 0.2) is 11.5 Å². The van der Waals surface area contributed by atoms with E-state index in [1.165, 1.54) is 23.2 Å². The molecule has 1 aliphatic rings. The lowest BCUT2D eigenvalue weighted by Crippen LogP contribution is -2.40. The molecule has 28 heavy (non-hydrogen) atoms. The smallest absolute Gasteiger partial charge is 0.339 e. The van der Waals surface area contributed by atoms with Gasteiger partial charge >= 0.3 is 6.18 Å². The summed E-state index contributed by atoms with van der Waals surface area (Å²) in [7, 11) is 0. The van der Waals surface area contributed by atoms with Crippen LogP contribution in [-0.4, -0.2) is 45.2 Å². The number of nitrogens with two attached hydrogens (primary N) is 1. The number of halogens is 6. The third kappa shape index (κ3) is 4.89. The number of pyridine rings is 1. The van der Waals surface area contributed by atoms with Gasteiger partial charge in [0.2, 0.25) is 0 Å². The maximum atomic E-state index is 13.7. The second kappa shape index (κ2) is 9.78. The number of likely N-dealkylation sites (tertiary alicyclic amines) is 1. The normalized spacial score (nSPS) is 15.0. The third-order valence-electron chi connectivity index (χ3n) is 4.44. The Morgan fingerprint density at radius 1 is 1.29 bits per heavy atom. The zero-order valence-corrected chi connectivity index (χ0v) is 16.9. The summed E-state index contributed by atoms with van der Waals surface area (Å²) in [5.74, 6) is -0.593. The highest BCUT2D eigenvalue weighted by Gasteiger charge is 2.42. The molecule has 0 bridgehead atoms. The molecule has 0 radical (unpaired) electrons.